The summed E-state index contributed by atoms with van der Waals surface area (Å²) in [6.07, 6.45) is 12.2. The molecule has 3 heterocycles. The summed E-state index contributed by atoms with van der Waals surface area (Å²) in [5, 5.41) is 6.91. The molecule has 0 saturated heterocycles. The van der Waals surface area contributed by atoms with Crippen LogP contribution < -0.4 is 16.2 Å². The minimum absolute atomic E-state index is 0. The van der Waals surface area contributed by atoms with Crippen LogP contribution in [0.5, 0.6) is 0 Å². The molecule has 2 N–H and O–H groups in total. The van der Waals surface area contributed by atoms with Crippen molar-refractivity contribution >= 4 is 23.5 Å². The molecule has 2 atom stereocenters. The molecule has 1 unspecified atom stereocenters. The SMILES string of the molecule is CSc1cnc(NC2CC[C@H](Nc3cc(-n4ccccc4=O)ccn3)C2)nc1.[HH].[HH]. The van der Waals surface area contributed by atoms with E-state index in [1.807, 2.05) is 36.8 Å². The first-order chi connectivity index (χ1) is 13.7. The number of nitrogens with zero attached hydrogens (tertiary/aromatic N) is 4. The maximum Gasteiger partial charge on any atom is 0.255 e. The molecule has 0 spiro atoms. The van der Waals surface area contributed by atoms with Crippen molar-refractivity contribution in [3.05, 3.63) is 65.5 Å². The minimum Gasteiger partial charge on any atom is -0.367 e. The molecular weight excluding hydrogens is 372 g/mol. The first-order valence-corrected chi connectivity index (χ1v) is 10.5. The maximum atomic E-state index is 12.0. The predicted octanol–water partition coefficient (Wildman–Crippen LogP) is 3.68. The Morgan fingerprint density at radius 2 is 1.89 bits per heavy atom. The van der Waals surface area contributed by atoms with Crippen molar-refractivity contribution in [2.75, 3.05) is 16.9 Å². The fourth-order valence-electron chi connectivity index (χ4n) is 3.42. The zero-order valence-electron chi connectivity index (χ0n) is 15.6. The van der Waals surface area contributed by atoms with Crippen molar-refractivity contribution in [2.24, 2.45) is 0 Å². The van der Waals surface area contributed by atoms with Crippen molar-refractivity contribution in [2.45, 2.75) is 36.2 Å². The zero-order chi connectivity index (χ0) is 19.3. The Kier molecular flexibility index (Phi) is 5.57. The summed E-state index contributed by atoms with van der Waals surface area (Å²) in [5.74, 6) is 1.45. The smallest absolute Gasteiger partial charge is 0.255 e. The van der Waals surface area contributed by atoms with E-state index in [-0.39, 0.29) is 8.41 Å². The molecule has 0 aliphatic heterocycles. The highest BCUT2D eigenvalue weighted by Crippen LogP contribution is 2.25. The average Bonchev–Trinajstić information content (AvgIpc) is 3.16. The Labute approximate surface area is 170 Å². The fraction of sp³-hybridized carbons (Fsp3) is 0.300. The van der Waals surface area contributed by atoms with Crippen LogP contribution in [0.1, 0.15) is 22.1 Å². The van der Waals surface area contributed by atoms with E-state index in [4.69, 9.17) is 0 Å². The van der Waals surface area contributed by atoms with Crippen LogP contribution in [0, 0.1) is 0 Å². The van der Waals surface area contributed by atoms with Crippen LogP contribution in [-0.2, 0) is 0 Å². The standard InChI is InChI=1S/C20H22N6OS.2H2/c1-28-17-12-22-20(23-13-17)25-15-6-5-14(10-15)24-18-11-16(7-8-21-18)26-9-3-2-4-19(26)27;;/h2-4,7-9,11-15H,5-6,10H2,1H3,(H,21,24)(H,22,23,25);2*1H/t14-,15?;;/m0../s1. The van der Waals surface area contributed by atoms with Crippen LogP contribution >= 0.6 is 11.8 Å². The van der Waals surface area contributed by atoms with Gasteiger partial charge < -0.3 is 10.6 Å². The summed E-state index contributed by atoms with van der Waals surface area (Å²) in [6.45, 7) is 0. The van der Waals surface area contributed by atoms with Crippen molar-refractivity contribution in [3.8, 4) is 5.69 Å². The maximum absolute atomic E-state index is 12.0. The van der Waals surface area contributed by atoms with Gasteiger partial charge in [-0.2, -0.15) is 0 Å². The van der Waals surface area contributed by atoms with Crippen LogP contribution in [0.4, 0.5) is 11.8 Å². The highest BCUT2D eigenvalue weighted by molar-refractivity contribution is 7.98. The van der Waals surface area contributed by atoms with E-state index in [0.717, 1.165) is 35.7 Å². The van der Waals surface area contributed by atoms with E-state index >= 15 is 0 Å². The van der Waals surface area contributed by atoms with E-state index < -0.39 is 0 Å². The highest BCUT2D eigenvalue weighted by Gasteiger charge is 2.25. The fourth-order valence-corrected chi connectivity index (χ4v) is 3.74. The van der Waals surface area contributed by atoms with Gasteiger partial charge in [0.1, 0.15) is 5.82 Å². The van der Waals surface area contributed by atoms with Gasteiger partial charge in [-0.1, -0.05) is 6.07 Å². The molecule has 3 aromatic rings. The lowest BCUT2D eigenvalue weighted by molar-refractivity contribution is 0.716. The third-order valence-electron chi connectivity index (χ3n) is 4.83. The second-order valence-corrected chi connectivity index (χ2v) is 7.63. The third kappa shape index (κ3) is 4.33. The predicted molar refractivity (Wildman–Crippen MR) is 117 cm³/mol. The Bertz CT molecular complexity index is 1000. The Hall–Kier alpha value is -2.87. The Morgan fingerprint density at radius 3 is 2.64 bits per heavy atom. The summed E-state index contributed by atoms with van der Waals surface area (Å²) < 4.78 is 1.61. The molecule has 8 heteroatoms. The second kappa shape index (κ2) is 8.43. The van der Waals surface area contributed by atoms with E-state index in [1.54, 1.807) is 40.9 Å². The van der Waals surface area contributed by atoms with Gasteiger partial charge in [0, 0.05) is 56.8 Å². The molecule has 1 aliphatic rings. The number of anilines is 2. The van der Waals surface area contributed by atoms with Crippen molar-refractivity contribution < 1.29 is 2.85 Å². The van der Waals surface area contributed by atoms with Gasteiger partial charge >= 0.3 is 0 Å². The van der Waals surface area contributed by atoms with Gasteiger partial charge in [-0.15, -0.1) is 11.8 Å². The van der Waals surface area contributed by atoms with E-state index in [2.05, 4.69) is 25.6 Å². The highest BCUT2D eigenvalue weighted by atomic mass is 32.2. The number of aromatic nitrogens is 4. The molecule has 0 aromatic carbocycles. The van der Waals surface area contributed by atoms with Crippen LogP contribution in [0.25, 0.3) is 5.69 Å². The van der Waals surface area contributed by atoms with Gasteiger partial charge in [0.05, 0.1) is 5.69 Å². The number of rotatable bonds is 6. The molecule has 4 rings (SSSR count). The van der Waals surface area contributed by atoms with Crippen LogP contribution in [0.3, 0.4) is 0 Å². The molecule has 3 aromatic heterocycles. The summed E-state index contributed by atoms with van der Waals surface area (Å²) in [5.41, 5.74) is 0.746. The third-order valence-corrected chi connectivity index (χ3v) is 5.51. The van der Waals surface area contributed by atoms with Crippen LogP contribution in [0.15, 0.2) is 64.8 Å². The van der Waals surface area contributed by atoms with Gasteiger partial charge in [0.2, 0.25) is 5.95 Å². The van der Waals surface area contributed by atoms with Gasteiger partial charge in [-0.05, 0) is 37.7 Å². The van der Waals surface area contributed by atoms with Gasteiger partial charge in [-0.25, -0.2) is 15.0 Å². The van der Waals surface area contributed by atoms with E-state index in [9.17, 15) is 4.79 Å². The molecule has 7 nitrogen and oxygen atoms in total. The molecule has 1 fully saturated rings. The molecule has 0 amide bonds. The quantitative estimate of drug-likeness (QED) is 0.613. The lowest BCUT2D eigenvalue weighted by Gasteiger charge is -2.16. The summed E-state index contributed by atoms with van der Waals surface area (Å²) in [6, 6.07) is 9.53. The summed E-state index contributed by atoms with van der Waals surface area (Å²) >= 11 is 1.63. The number of hydrogen-bond donors (Lipinski definition) is 2. The number of pyridine rings is 2. The first-order valence-electron chi connectivity index (χ1n) is 9.24. The second-order valence-electron chi connectivity index (χ2n) is 6.75. The average molecular weight is 399 g/mol. The van der Waals surface area contributed by atoms with Gasteiger partial charge in [-0.3, -0.25) is 9.36 Å². The normalized spacial score (nSPS) is 18.8. The molecule has 0 bridgehead atoms. The molecule has 1 saturated carbocycles. The lowest BCUT2D eigenvalue weighted by atomic mass is 10.2. The van der Waals surface area contributed by atoms with E-state index in [1.165, 1.54) is 0 Å². The number of thioether (sulfide) groups is 1. The van der Waals surface area contributed by atoms with Crippen molar-refractivity contribution in [1.29, 1.82) is 0 Å². The minimum atomic E-state index is -0.0581. The molecule has 28 heavy (non-hydrogen) atoms. The monoisotopic (exact) mass is 398 g/mol. The number of hydrogen-bond acceptors (Lipinski definition) is 7. The lowest BCUT2D eigenvalue weighted by Crippen LogP contribution is -2.22. The molecule has 1 aliphatic carbocycles. The zero-order valence-corrected chi connectivity index (χ0v) is 16.4. The van der Waals surface area contributed by atoms with Crippen LogP contribution in [-0.4, -0.2) is 37.9 Å². The molecule has 0 radical (unpaired) electrons. The largest absolute Gasteiger partial charge is 0.367 e. The Morgan fingerprint density at radius 1 is 1.11 bits per heavy atom. The van der Waals surface area contributed by atoms with Crippen molar-refractivity contribution in [3.63, 3.8) is 0 Å². The topological polar surface area (TPSA) is 84.7 Å². The van der Waals surface area contributed by atoms with Crippen LogP contribution in [0.2, 0.25) is 0 Å². The molecule has 148 valence electrons. The summed E-state index contributed by atoms with van der Waals surface area (Å²) in [4.78, 5) is 26.2. The van der Waals surface area contributed by atoms with Gasteiger partial charge in [0.15, 0.2) is 0 Å². The summed E-state index contributed by atoms with van der Waals surface area (Å²) in [7, 11) is 0. The Balaban J connectivity index is 0.00000160. The first kappa shape index (κ1) is 18.5. The number of nitrogens with one attached hydrogen (secondary N) is 2. The molecular formula is C20H26N6OS. The van der Waals surface area contributed by atoms with E-state index in [0.29, 0.717) is 18.0 Å². The van der Waals surface area contributed by atoms with Crippen molar-refractivity contribution in [1.82, 2.24) is 19.5 Å². The van der Waals surface area contributed by atoms with Gasteiger partial charge in [0.25, 0.3) is 5.56 Å².